The highest BCUT2D eigenvalue weighted by Gasteiger charge is 2.66. The van der Waals surface area contributed by atoms with E-state index >= 15 is 0 Å². The summed E-state index contributed by atoms with van der Waals surface area (Å²) in [6, 6.07) is 18.8. The summed E-state index contributed by atoms with van der Waals surface area (Å²) in [4.78, 5) is 26.2. The number of thioether (sulfide) groups is 1. The second kappa shape index (κ2) is 10.7. The van der Waals surface area contributed by atoms with Crippen LogP contribution in [0.3, 0.4) is 0 Å². The van der Waals surface area contributed by atoms with E-state index in [4.69, 9.17) is 11.6 Å². The average Bonchev–Trinajstić information content (AvgIpc) is 3.42. The fraction of sp³-hybridized carbons (Fsp3) is 0.192. The van der Waals surface area contributed by atoms with Crippen molar-refractivity contribution in [2.24, 2.45) is 5.92 Å². The Balaban J connectivity index is 1.88. The van der Waals surface area contributed by atoms with Gasteiger partial charge in [-0.1, -0.05) is 78.0 Å². The summed E-state index contributed by atoms with van der Waals surface area (Å²) < 4.78 is 43.7. The number of alkyl halides is 3. The van der Waals surface area contributed by atoms with E-state index in [2.05, 4.69) is 0 Å². The number of halogens is 4. The molecule has 1 aromatic heterocycles. The van der Waals surface area contributed by atoms with Crippen LogP contribution in [0, 0.1) is 17.2 Å². The number of carbonyl (C=O) groups is 2. The molecule has 5 nitrogen and oxygen atoms in total. The monoisotopic (exact) mass is 562 g/mol. The lowest BCUT2D eigenvalue weighted by Crippen LogP contribution is -2.66. The lowest BCUT2D eigenvalue weighted by atomic mass is 9.70. The van der Waals surface area contributed by atoms with E-state index in [9.17, 15) is 33.1 Å². The van der Waals surface area contributed by atoms with Gasteiger partial charge in [0.15, 0.2) is 11.6 Å². The van der Waals surface area contributed by atoms with Crippen LogP contribution < -0.4 is 5.32 Å². The summed E-state index contributed by atoms with van der Waals surface area (Å²) in [6.07, 6.45) is -5.33. The van der Waals surface area contributed by atoms with Crippen LogP contribution in [0.25, 0.3) is 0 Å². The maximum absolute atomic E-state index is 14.6. The molecular weight excluding hydrogens is 545 g/mol. The van der Waals surface area contributed by atoms with Crippen molar-refractivity contribution in [3.05, 3.63) is 104 Å². The lowest BCUT2D eigenvalue weighted by molar-refractivity contribution is -0.285. The van der Waals surface area contributed by atoms with Crippen LogP contribution in [0.4, 0.5) is 13.2 Å². The summed E-state index contributed by atoms with van der Waals surface area (Å²) in [5.41, 5.74) is -3.57. The first-order chi connectivity index (χ1) is 17.6. The predicted octanol–water partition coefficient (Wildman–Crippen LogP) is 6.19. The fourth-order valence-electron chi connectivity index (χ4n) is 4.17. The smallest absolute Gasteiger partial charge is 0.363 e. The average molecular weight is 563 g/mol. The molecule has 0 saturated heterocycles. The van der Waals surface area contributed by atoms with Crippen LogP contribution in [0.15, 0.2) is 82.7 Å². The maximum atomic E-state index is 14.6. The van der Waals surface area contributed by atoms with Crippen molar-refractivity contribution in [3.63, 3.8) is 0 Å². The molecule has 4 rings (SSSR count). The van der Waals surface area contributed by atoms with Gasteiger partial charge in [-0.15, -0.1) is 11.3 Å². The first-order valence-electron chi connectivity index (χ1n) is 10.8. The Kier molecular flexibility index (Phi) is 7.80. The van der Waals surface area contributed by atoms with Gasteiger partial charge in [-0.2, -0.15) is 18.4 Å². The number of aliphatic hydroxyl groups is 1. The van der Waals surface area contributed by atoms with E-state index in [1.54, 1.807) is 36.4 Å². The van der Waals surface area contributed by atoms with Crippen molar-refractivity contribution in [1.29, 1.82) is 5.26 Å². The molecule has 0 fully saturated rings. The summed E-state index contributed by atoms with van der Waals surface area (Å²) in [6.45, 7) is 0. The van der Waals surface area contributed by atoms with Gasteiger partial charge in [0, 0.05) is 16.5 Å². The number of nitriles is 1. The third-order valence-electron chi connectivity index (χ3n) is 5.93. The molecule has 0 unspecified atom stereocenters. The highest BCUT2D eigenvalue weighted by molar-refractivity contribution is 8.03. The molecule has 0 radical (unpaired) electrons. The van der Waals surface area contributed by atoms with Crippen LogP contribution >= 0.6 is 34.7 Å². The molecule has 0 amide bonds. The summed E-state index contributed by atoms with van der Waals surface area (Å²) >= 11 is 7.93. The Morgan fingerprint density at radius 3 is 2.38 bits per heavy atom. The van der Waals surface area contributed by atoms with Crippen molar-refractivity contribution in [2.75, 3.05) is 5.75 Å². The largest absolute Gasteiger partial charge is 0.437 e. The Hall–Kier alpha value is -3.10. The SMILES string of the molecule is N#CC1=C(SCC(=O)c2ccccc2)N[C@](O)(C(F)(F)F)[C@@H](C(=O)c2cccs2)[C@H]1c1ccccc1Cl. The summed E-state index contributed by atoms with van der Waals surface area (Å²) in [5.74, 6) is -5.42. The standard InChI is InChI=1S/C26H18ClF3N2O3S2/c27-18-10-5-4-9-16(18)21-17(13-31)24(37-14-19(33)15-7-2-1-3-8-15)32-25(35,26(28,29)30)22(21)23(34)20-11-6-12-36-20/h1-12,21-22,32,35H,14H2/t21-,22+,25+/m0/s1. The molecule has 1 aliphatic rings. The molecular formula is C26H18ClF3N2O3S2. The Bertz CT molecular complexity index is 1390. The number of thiophene rings is 1. The lowest BCUT2D eigenvalue weighted by Gasteiger charge is -2.45. The molecule has 2 aromatic carbocycles. The molecule has 0 aliphatic carbocycles. The molecule has 0 spiro atoms. The normalized spacial score (nSPS) is 21.7. The zero-order chi connectivity index (χ0) is 26.8. The number of ketones is 2. The van der Waals surface area contributed by atoms with Crippen molar-refractivity contribution in [1.82, 2.24) is 5.32 Å². The number of Topliss-reactive ketones (excluding diaryl/α,β-unsaturated/α-hetero) is 2. The first-order valence-corrected chi connectivity index (χ1v) is 13.1. The highest BCUT2D eigenvalue weighted by atomic mass is 35.5. The van der Waals surface area contributed by atoms with Gasteiger partial charge in [-0.25, -0.2) is 0 Å². The molecule has 2 heterocycles. The zero-order valence-electron chi connectivity index (χ0n) is 18.8. The molecule has 1 aliphatic heterocycles. The van der Waals surface area contributed by atoms with E-state index in [1.165, 1.54) is 35.7 Å². The van der Waals surface area contributed by atoms with Crippen molar-refractivity contribution < 1.29 is 27.9 Å². The Morgan fingerprint density at radius 2 is 1.78 bits per heavy atom. The van der Waals surface area contributed by atoms with Gasteiger partial charge < -0.3 is 10.4 Å². The van der Waals surface area contributed by atoms with Gasteiger partial charge in [-0.05, 0) is 23.1 Å². The first kappa shape index (κ1) is 26.9. The van der Waals surface area contributed by atoms with Crippen molar-refractivity contribution in [2.45, 2.75) is 17.8 Å². The van der Waals surface area contributed by atoms with Gasteiger partial charge in [0.2, 0.25) is 5.72 Å². The molecule has 0 saturated carbocycles. The number of hydrogen-bond acceptors (Lipinski definition) is 7. The van der Waals surface area contributed by atoms with E-state index in [0.29, 0.717) is 17.3 Å². The Labute approximate surface area is 223 Å². The van der Waals surface area contributed by atoms with Crippen molar-refractivity contribution >= 4 is 46.3 Å². The minimum atomic E-state index is -5.33. The molecule has 2 N–H and O–H groups in total. The fourth-order valence-corrected chi connectivity index (χ4v) is 6.12. The van der Waals surface area contributed by atoms with Crippen LogP contribution in [0.1, 0.15) is 31.5 Å². The molecule has 3 atom stereocenters. The quantitative estimate of drug-likeness (QED) is 0.334. The summed E-state index contributed by atoms with van der Waals surface area (Å²) in [7, 11) is 0. The number of nitrogens with zero attached hydrogens (tertiary/aromatic N) is 1. The van der Waals surface area contributed by atoms with Gasteiger partial charge in [-0.3, -0.25) is 9.59 Å². The van der Waals surface area contributed by atoms with Crippen LogP contribution in [0.5, 0.6) is 0 Å². The Morgan fingerprint density at radius 1 is 1.11 bits per heavy atom. The van der Waals surface area contributed by atoms with Gasteiger partial charge in [0.1, 0.15) is 0 Å². The number of carbonyl (C=O) groups excluding carboxylic acids is 2. The second-order valence-electron chi connectivity index (χ2n) is 8.14. The molecule has 0 bridgehead atoms. The second-order valence-corrected chi connectivity index (χ2v) is 10.5. The van der Waals surface area contributed by atoms with E-state index in [-0.39, 0.29) is 37.6 Å². The minimum absolute atomic E-state index is 0.0147. The molecule has 3 aromatic rings. The molecule has 190 valence electrons. The van der Waals surface area contributed by atoms with E-state index in [0.717, 1.165) is 11.3 Å². The van der Waals surface area contributed by atoms with Gasteiger partial charge in [0.25, 0.3) is 0 Å². The third-order valence-corrected chi connectivity index (χ3v) is 8.17. The topological polar surface area (TPSA) is 90.2 Å². The summed E-state index contributed by atoms with van der Waals surface area (Å²) in [5, 5.41) is 24.5. The van der Waals surface area contributed by atoms with E-state index < -0.39 is 29.5 Å². The van der Waals surface area contributed by atoms with Crippen LogP contribution in [0.2, 0.25) is 5.02 Å². The predicted molar refractivity (Wildman–Crippen MR) is 136 cm³/mol. The third kappa shape index (κ3) is 5.18. The number of rotatable bonds is 7. The number of hydrogen-bond donors (Lipinski definition) is 2. The van der Waals surface area contributed by atoms with Crippen LogP contribution in [-0.2, 0) is 0 Å². The zero-order valence-corrected chi connectivity index (χ0v) is 21.2. The number of nitrogens with one attached hydrogen (secondary N) is 1. The molecule has 11 heteroatoms. The van der Waals surface area contributed by atoms with Crippen LogP contribution in [-0.4, -0.2) is 34.3 Å². The molecule has 37 heavy (non-hydrogen) atoms. The van der Waals surface area contributed by atoms with Crippen molar-refractivity contribution in [3.8, 4) is 6.07 Å². The van der Waals surface area contributed by atoms with Gasteiger partial charge in [0.05, 0.1) is 33.2 Å². The van der Waals surface area contributed by atoms with E-state index in [1.807, 2.05) is 11.4 Å². The number of benzene rings is 2. The van der Waals surface area contributed by atoms with Gasteiger partial charge >= 0.3 is 6.18 Å². The minimum Gasteiger partial charge on any atom is -0.363 e. The number of allylic oxidation sites excluding steroid dienone is 1. The highest BCUT2D eigenvalue weighted by Crippen LogP contribution is 2.52. The maximum Gasteiger partial charge on any atom is 0.437 e.